The van der Waals surface area contributed by atoms with E-state index >= 15 is 0 Å². The summed E-state index contributed by atoms with van der Waals surface area (Å²) < 4.78 is 28.4. The molecular formula is C10H23O7P. The van der Waals surface area contributed by atoms with E-state index in [1.165, 1.54) is 6.92 Å². The molecule has 0 aromatic carbocycles. The highest BCUT2D eigenvalue weighted by molar-refractivity contribution is 7.00. The second-order valence-corrected chi connectivity index (χ2v) is 2.81. The number of ketones is 1. The van der Waals surface area contributed by atoms with Crippen LogP contribution in [-0.2, 0) is 23.6 Å². The number of carbonyl (C=O) groups is 1. The van der Waals surface area contributed by atoms with Crippen LogP contribution in [0.25, 0.3) is 0 Å². The molecule has 0 rings (SSSR count). The van der Waals surface area contributed by atoms with Crippen molar-refractivity contribution in [2.24, 2.45) is 0 Å². The third kappa shape index (κ3) is 36.1. The molecule has 0 saturated heterocycles. The lowest BCUT2D eigenvalue weighted by Crippen LogP contribution is -2.08. The summed E-state index contributed by atoms with van der Waals surface area (Å²) in [5.74, 6) is 0.0473. The van der Waals surface area contributed by atoms with Gasteiger partial charge >= 0.3 is 0 Å². The summed E-state index contributed by atoms with van der Waals surface area (Å²) in [6, 6.07) is 0. The van der Waals surface area contributed by atoms with Crippen molar-refractivity contribution in [3.63, 3.8) is 0 Å². The van der Waals surface area contributed by atoms with Crippen LogP contribution in [0.15, 0.2) is 0 Å². The monoisotopic (exact) mass is 287 g/mol. The van der Waals surface area contributed by atoms with E-state index in [0.717, 1.165) is 0 Å². The Morgan fingerprint density at radius 2 is 1.67 bits per heavy atom. The summed E-state index contributed by atoms with van der Waals surface area (Å²) >= 11 is 0. The number of ether oxygens (including phenoxy) is 3. The van der Waals surface area contributed by atoms with E-state index in [1.807, 2.05) is 0 Å². The molecule has 0 spiro atoms. The van der Waals surface area contributed by atoms with Crippen molar-refractivity contribution in [2.45, 2.75) is 6.92 Å². The van der Waals surface area contributed by atoms with Crippen molar-refractivity contribution in [3.8, 4) is 0 Å². The Morgan fingerprint density at radius 3 is 2.00 bits per heavy atom. The van der Waals surface area contributed by atoms with Crippen molar-refractivity contribution in [3.05, 3.63) is 0 Å². The molecule has 110 valence electrons. The molecule has 0 heterocycles. The van der Waals surface area contributed by atoms with Crippen LogP contribution in [0.1, 0.15) is 6.92 Å². The number of rotatable bonds is 9. The highest BCUT2D eigenvalue weighted by atomic mass is 31.0. The predicted molar refractivity (Wildman–Crippen MR) is 67.4 cm³/mol. The molecule has 0 saturated carbocycles. The lowest BCUT2D eigenvalue weighted by molar-refractivity contribution is -0.121. The third-order valence-electron chi connectivity index (χ3n) is 1.21. The molecule has 0 unspecified atom stereocenters. The molecule has 0 aliphatic heterocycles. The van der Waals surface area contributed by atoms with Gasteiger partial charge in [-0.05, 0) is 6.92 Å². The van der Waals surface area contributed by atoms with Gasteiger partial charge in [-0.15, -0.1) is 0 Å². The number of aliphatic hydroxyl groups excluding tert-OH is 2. The minimum absolute atomic E-state index is 0.0278. The summed E-state index contributed by atoms with van der Waals surface area (Å²) in [6.07, 6.45) is 0. The van der Waals surface area contributed by atoms with Crippen LogP contribution in [0, 0.1) is 0 Å². The molecule has 0 radical (unpaired) electrons. The first-order chi connectivity index (χ1) is 9.10. The SMILES string of the molecule is COCCOCC(C)=O.OCCOCCO.[2H]P=O. The maximum Gasteiger partial charge on any atom is 0.155 e. The summed E-state index contributed by atoms with van der Waals surface area (Å²) in [5, 5.41) is 16.2. The molecular weight excluding hydrogens is 263 g/mol. The fourth-order valence-corrected chi connectivity index (χ4v) is 0.589. The maximum atomic E-state index is 10.2. The van der Waals surface area contributed by atoms with Gasteiger partial charge in [0, 0.05) is 7.11 Å². The van der Waals surface area contributed by atoms with Gasteiger partial charge in [-0.3, -0.25) is 9.36 Å². The average Bonchev–Trinajstić information content (AvgIpc) is 2.37. The Labute approximate surface area is 111 Å². The molecule has 0 atom stereocenters. The topological polar surface area (TPSA) is 102 Å². The maximum absolute atomic E-state index is 10.2. The van der Waals surface area contributed by atoms with Gasteiger partial charge in [0.2, 0.25) is 0 Å². The van der Waals surface area contributed by atoms with E-state index < -0.39 is 9.06 Å². The lowest BCUT2D eigenvalue weighted by atomic mass is 10.5. The smallest absolute Gasteiger partial charge is 0.155 e. The number of aliphatic hydroxyl groups is 2. The van der Waals surface area contributed by atoms with Crippen molar-refractivity contribution >= 4 is 14.8 Å². The Morgan fingerprint density at radius 1 is 1.17 bits per heavy atom. The zero-order chi connectivity index (χ0) is 15.4. The highest BCUT2D eigenvalue weighted by Gasteiger charge is 1.90. The first-order valence-corrected chi connectivity index (χ1v) is 5.59. The lowest BCUT2D eigenvalue weighted by Gasteiger charge is -1.98. The molecule has 2 N–H and O–H groups in total. The molecule has 7 nitrogen and oxygen atoms in total. The van der Waals surface area contributed by atoms with Crippen LogP contribution in [0.4, 0.5) is 0 Å². The Balaban J connectivity index is -0.000000228. The number of methoxy groups -OCH3 is 1. The van der Waals surface area contributed by atoms with E-state index in [4.69, 9.17) is 20.8 Å². The van der Waals surface area contributed by atoms with Gasteiger partial charge in [0.15, 0.2) is 5.78 Å². The van der Waals surface area contributed by atoms with Crippen LogP contribution in [0.3, 0.4) is 0 Å². The number of hydrogen-bond donors (Lipinski definition) is 2. The van der Waals surface area contributed by atoms with Gasteiger partial charge in [0.1, 0.15) is 16.9 Å². The summed E-state index contributed by atoms with van der Waals surface area (Å²) in [6.45, 7) is 3.43. The van der Waals surface area contributed by atoms with Gasteiger partial charge in [-0.1, -0.05) is 0 Å². The van der Waals surface area contributed by atoms with Gasteiger partial charge in [0.25, 0.3) is 0 Å². The summed E-state index contributed by atoms with van der Waals surface area (Å²) in [7, 11) is 1.01. The van der Waals surface area contributed by atoms with Gasteiger partial charge in [0.05, 0.1) is 39.6 Å². The Bertz CT molecular complexity index is 179. The zero-order valence-corrected chi connectivity index (χ0v) is 11.7. The molecule has 0 fully saturated rings. The fourth-order valence-electron chi connectivity index (χ4n) is 0.589. The van der Waals surface area contributed by atoms with Gasteiger partial charge in [-0.25, -0.2) is 0 Å². The molecule has 18 heavy (non-hydrogen) atoms. The quantitative estimate of drug-likeness (QED) is 0.443. The van der Waals surface area contributed by atoms with Crippen LogP contribution in [-0.4, -0.2) is 70.6 Å². The summed E-state index contributed by atoms with van der Waals surface area (Å²) in [4.78, 5) is 10.2. The molecule has 8 heteroatoms. The van der Waals surface area contributed by atoms with E-state index in [9.17, 15) is 4.79 Å². The number of carbonyl (C=O) groups excluding carboxylic acids is 1. The molecule has 0 aromatic rings. The third-order valence-corrected chi connectivity index (χ3v) is 1.21. The van der Waals surface area contributed by atoms with E-state index in [-0.39, 0.29) is 25.6 Å². The summed E-state index contributed by atoms with van der Waals surface area (Å²) in [5.41, 5.74) is 0. The van der Waals surface area contributed by atoms with E-state index in [1.54, 1.807) is 7.11 Å². The van der Waals surface area contributed by atoms with Crippen molar-refractivity contribution < 1.29 is 33.8 Å². The van der Waals surface area contributed by atoms with Crippen molar-refractivity contribution in [2.75, 3.05) is 53.4 Å². The first kappa shape index (κ1) is 19.9. The van der Waals surface area contributed by atoms with Gasteiger partial charge in [-0.2, -0.15) is 0 Å². The predicted octanol–water partition coefficient (Wildman–Crippen LogP) is -0.299. The number of hydrogen-bond acceptors (Lipinski definition) is 7. The normalized spacial score (nSPS) is 9.67. The van der Waals surface area contributed by atoms with Crippen LogP contribution in [0.5, 0.6) is 0 Å². The van der Waals surface area contributed by atoms with Crippen LogP contribution < -0.4 is 0 Å². The average molecular weight is 287 g/mol. The minimum atomic E-state index is -0.583. The zero-order valence-electron chi connectivity index (χ0n) is 11.8. The van der Waals surface area contributed by atoms with Crippen molar-refractivity contribution in [1.29, 1.82) is 1.28 Å². The van der Waals surface area contributed by atoms with E-state index in [2.05, 4.69) is 9.47 Å². The molecule has 0 aromatic heterocycles. The van der Waals surface area contributed by atoms with Gasteiger partial charge < -0.3 is 24.4 Å². The number of Topliss-reactive ketones (excluding diaryl/α,β-unsaturated/α-hetero) is 1. The van der Waals surface area contributed by atoms with Crippen molar-refractivity contribution in [1.82, 2.24) is 0 Å². The molecule has 0 aliphatic carbocycles. The fraction of sp³-hybridized carbons (Fsp3) is 0.900. The second-order valence-electron chi connectivity index (χ2n) is 2.81. The van der Waals surface area contributed by atoms with Crippen LogP contribution in [0.2, 0.25) is 0 Å². The Hall–Kier alpha value is -0.430. The highest BCUT2D eigenvalue weighted by Crippen LogP contribution is 1.76. The molecule has 0 amide bonds. The molecule has 0 aliphatic rings. The Kier molecular flexibility index (Phi) is 28.1. The largest absolute Gasteiger partial charge is 0.394 e. The minimum Gasteiger partial charge on any atom is -0.394 e. The van der Waals surface area contributed by atoms with E-state index in [0.29, 0.717) is 26.4 Å². The first-order valence-electron chi connectivity index (χ1n) is 5.67. The standard InChI is InChI=1S/C6H12O3.C4H10O3.HOP/c1-6(7)5-9-4-3-8-2;5-1-3-7-4-2-6;1-2/h3-5H2,1-2H3;5-6H,1-4H2;2H/i;;2D. The second kappa shape index (κ2) is 25.4. The molecule has 0 bridgehead atoms. The van der Waals surface area contributed by atoms with Crippen LogP contribution >= 0.6 is 9.06 Å².